The zero-order chi connectivity index (χ0) is 27.4. The maximum Gasteiger partial charge on any atom is 0.432 e. The number of pyridine rings is 1. The second-order valence-corrected chi connectivity index (χ2v) is 9.61. The Morgan fingerprint density at radius 2 is 1.82 bits per heavy atom. The summed E-state index contributed by atoms with van der Waals surface area (Å²) in [6, 6.07) is 6.42. The third-order valence-corrected chi connectivity index (χ3v) is 6.91. The molecule has 2 N–H and O–H groups in total. The van der Waals surface area contributed by atoms with Gasteiger partial charge in [0.25, 0.3) is 0 Å². The lowest BCUT2D eigenvalue weighted by Crippen LogP contribution is -2.26. The van der Waals surface area contributed by atoms with Crippen molar-refractivity contribution in [1.29, 1.82) is 0 Å². The monoisotopic (exact) mass is 539 g/mol. The van der Waals surface area contributed by atoms with Crippen molar-refractivity contribution in [2.75, 3.05) is 20.3 Å². The van der Waals surface area contributed by atoms with Gasteiger partial charge in [-0.2, -0.15) is 13.2 Å². The normalized spacial score (nSPS) is 19.0. The largest absolute Gasteiger partial charge is 0.495 e. The minimum Gasteiger partial charge on any atom is -0.495 e. The summed E-state index contributed by atoms with van der Waals surface area (Å²) in [5.74, 6) is 1.22. The van der Waals surface area contributed by atoms with Crippen LogP contribution in [0.4, 0.5) is 13.2 Å². The molecule has 9 nitrogen and oxygen atoms in total. The molecule has 0 saturated heterocycles. The fourth-order valence-corrected chi connectivity index (χ4v) is 4.76. The van der Waals surface area contributed by atoms with Crippen LogP contribution in [0.1, 0.15) is 48.2 Å². The van der Waals surface area contributed by atoms with E-state index in [1.54, 1.807) is 25.1 Å². The minimum absolute atomic E-state index is 0.0118. The number of hydrogen-bond donors (Lipinski definition) is 2. The molecule has 6 rings (SSSR count). The highest BCUT2D eigenvalue weighted by Crippen LogP contribution is 2.47. The average Bonchev–Trinajstić information content (AvgIpc) is 3.64. The Morgan fingerprint density at radius 1 is 1.03 bits per heavy atom. The molecule has 1 fully saturated rings. The second-order valence-electron chi connectivity index (χ2n) is 9.61. The number of benzene rings is 1. The number of ether oxygens (including phenoxy) is 3. The first kappa shape index (κ1) is 25.1. The Hall–Kier alpha value is -4.19. The zero-order valence-electron chi connectivity index (χ0n) is 21.0. The van der Waals surface area contributed by atoms with Crippen molar-refractivity contribution in [3.63, 3.8) is 0 Å². The van der Waals surface area contributed by atoms with Crippen molar-refractivity contribution >= 4 is 0 Å². The first-order chi connectivity index (χ1) is 18.7. The smallest absolute Gasteiger partial charge is 0.432 e. The standard InChI is InChI=1S/C27H24F3N5O4/c1-26(36)16-6-5-15(24-32-12-21(35-24)27(28,29)30)9-19(16)38-7-8-39-25-22(23(14-3-4-14)33-13-34-25)18-10-17(26)20(37-2)11-31-18/h5-6,9-14,36H,3-4,7-8H2,1-2H3,(H,32,35). The van der Waals surface area contributed by atoms with Crippen LogP contribution in [0.2, 0.25) is 0 Å². The van der Waals surface area contributed by atoms with Crippen LogP contribution in [0.25, 0.3) is 22.6 Å². The van der Waals surface area contributed by atoms with E-state index in [9.17, 15) is 18.3 Å². The Labute approximate surface area is 221 Å². The van der Waals surface area contributed by atoms with Crippen LogP contribution in [0.15, 0.2) is 43.0 Å². The summed E-state index contributed by atoms with van der Waals surface area (Å²) in [6.07, 6.45) is 1.16. The van der Waals surface area contributed by atoms with E-state index < -0.39 is 17.5 Å². The highest BCUT2D eigenvalue weighted by molar-refractivity contribution is 5.71. The van der Waals surface area contributed by atoms with Crippen LogP contribution in [-0.2, 0) is 11.8 Å². The van der Waals surface area contributed by atoms with Gasteiger partial charge in [-0.25, -0.2) is 15.0 Å². The van der Waals surface area contributed by atoms with Crippen LogP contribution >= 0.6 is 0 Å². The zero-order valence-corrected chi connectivity index (χ0v) is 21.0. The van der Waals surface area contributed by atoms with Gasteiger partial charge in [0.05, 0.1) is 36.5 Å². The lowest BCUT2D eigenvalue weighted by atomic mass is 9.86. The van der Waals surface area contributed by atoms with E-state index in [-0.39, 0.29) is 30.7 Å². The van der Waals surface area contributed by atoms with Gasteiger partial charge in [0.2, 0.25) is 5.88 Å². The predicted octanol–water partition coefficient (Wildman–Crippen LogP) is 4.86. The third kappa shape index (κ3) is 4.54. The number of H-pyrrole nitrogens is 1. The molecule has 0 spiro atoms. The molecular formula is C27H24F3N5O4. The Morgan fingerprint density at radius 3 is 2.54 bits per heavy atom. The Bertz CT molecular complexity index is 1550. The number of rotatable bonds is 3. The number of aromatic amines is 1. The van der Waals surface area contributed by atoms with Crippen molar-refractivity contribution in [3.05, 3.63) is 65.5 Å². The third-order valence-electron chi connectivity index (χ3n) is 6.91. The first-order valence-corrected chi connectivity index (χ1v) is 12.3. The highest BCUT2D eigenvalue weighted by Gasteiger charge is 2.37. The molecule has 1 aromatic carbocycles. The molecule has 2 bridgehead atoms. The maximum absolute atomic E-state index is 13.1. The SMILES string of the molecule is COc1cnc2cc1C(C)(O)c1ccc(-c3ncc(C(F)(F)F)[nH]3)cc1OCCOc1ncnc(C3CC3)c1-2. The van der Waals surface area contributed by atoms with Crippen molar-refractivity contribution in [1.82, 2.24) is 24.9 Å². The Balaban J connectivity index is 1.50. The molecule has 0 radical (unpaired) electrons. The van der Waals surface area contributed by atoms with Crippen LogP contribution in [0.3, 0.4) is 0 Å². The summed E-state index contributed by atoms with van der Waals surface area (Å²) in [6.45, 7) is 1.78. The molecule has 12 heteroatoms. The van der Waals surface area contributed by atoms with Gasteiger partial charge in [0.1, 0.15) is 48.2 Å². The molecule has 1 aliphatic heterocycles. The van der Waals surface area contributed by atoms with Gasteiger partial charge < -0.3 is 24.3 Å². The minimum atomic E-state index is -4.56. The lowest BCUT2D eigenvalue weighted by molar-refractivity contribution is -0.140. The molecule has 2 aliphatic rings. The number of aromatic nitrogens is 5. The summed E-state index contributed by atoms with van der Waals surface area (Å²) in [5, 5.41) is 12.0. The summed E-state index contributed by atoms with van der Waals surface area (Å²) in [4.78, 5) is 19.6. The second kappa shape index (κ2) is 9.23. The number of fused-ring (bicyclic) bond motifs is 5. The number of aliphatic hydroxyl groups is 1. The van der Waals surface area contributed by atoms with Gasteiger partial charge in [0.15, 0.2) is 0 Å². The number of hydrogen-bond acceptors (Lipinski definition) is 8. The highest BCUT2D eigenvalue weighted by atomic mass is 19.4. The topological polar surface area (TPSA) is 115 Å². The molecule has 1 saturated carbocycles. The predicted molar refractivity (Wildman–Crippen MR) is 132 cm³/mol. The molecule has 202 valence electrons. The molecule has 0 amide bonds. The van der Waals surface area contributed by atoms with Crippen molar-refractivity contribution in [2.45, 2.75) is 37.5 Å². The number of imidazole rings is 1. The van der Waals surface area contributed by atoms with Gasteiger partial charge in [-0.15, -0.1) is 0 Å². The number of nitrogens with zero attached hydrogens (tertiary/aromatic N) is 4. The van der Waals surface area contributed by atoms with E-state index in [0.717, 1.165) is 24.7 Å². The van der Waals surface area contributed by atoms with Gasteiger partial charge >= 0.3 is 6.18 Å². The van der Waals surface area contributed by atoms with Gasteiger partial charge in [-0.05, 0) is 31.9 Å². The van der Waals surface area contributed by atoms with Crippen LogP contribution in [-0.4, -0.2) is 50.3 Å². The van der Waals surface area contributed by atoms with Crippen LogP contribution in [0, 0.1) is 0 Å². The number of halogens is 3. The number of nitrogens with one attached hydrogen (secondary N) is 1. The summed E-state index contributed by atoms with van der Waals surface area (Å²) in [5.41, 5.74) is 0.538. The van der Waals surface area contributed by atoms with E-state index in [0.29, 0.717) is 39.6 Å². The van der Waals surface area contributed by atoms with Crippen LogP contribution in [0.5, 0.6) is 17.4 Å². The molecule has 3 aromatic heterocycles. The fraction of sp³-hybridized carbons (Fsp3) is 0.333. The van der Waals surface area contributed by atoms with Crippen molar-refractivity contribution in [3.8, 4) is 40.0 Å². The van der Waals surface area contributed by atoms with Crippen LogP contribution < -0.4 is 14.2 Å². The van der Waals surface area contributed by atoms with Gasteiger partial charge in [-0.1, -0.05) is 12.1 Å². The Kier molecular flexibility index (Phi) is 5.94. The molecule has 1 aliphatic carbocycles. The quantitative estimate of drug-likeness (QED) is 0.379. The van der Waals surface area contributed by atoms with E-state index in [2.05, 4.69) is 24.9 Å². The van der Waals surface area contributed by atoms with E-state index in [4.69, 9.17) is 14.2 Å². The van der Waals surface area contributed by atoms with Gasteiger partial charge in [-0.3, -0.25) is 4.98 Å². The number of methoxy groups -OCH3 is 1. The van der Waals surface area contributed by atoms with E-state index in [1.165, 1.54) is 25.7 Å². The summed E-state index contributed by atoms with van der Waals surface area (Å²) < 4.78 is 57.0. The van der Waals surface area contributed by atoms with Crippen molar-refractivity contribution in [2.24, 2.45) is 0 Å². The van der Waals surface area contributed by atoms with Gasteiger partial charge in [0, 0.05) is 22.6 Å². The molecule has 4 heterocycles. The van der Waals surface area contributed by atoms with E-state index >= 15 is 0 Å². The molecule has 1 unspecified atom stereocenters. The first-order valence-electron chi connectivity index (χ1n) is 12.3. The average molecular weight is 540 g/mol. The summed E-state index contributed by atoms with van der Waals surface area (Å²) in [7, 11) is 1.48. The lowest BCUT2D eigenvalue weighted by Gasteiger charge is -2.29. The molecular weight excluding hydrogens is 515 g/mol. The maximum atomic E-state index is 13.1. The summed E-state index contributed by atoms with van der Waals surface area (Å²) >= 11 is 0. The van der Waals surface area contributed by atoms with Crippen molar-refractivity contribution < 1.29 is 32.5 Å². The molecule has 4 aromatic rings. The fourth-order valence-electron chi connectivity index (χ4n) is 4.76. The van der Waals surface area contributed by atoms with E-state index in [1.807, 2.05) is 0 Å². The molecule has 39 heavy (non-hydrogen) atoms. The number of alkyl halides is 3. The molecule has 1 atom stereocenters.